The quantitative estimate of drug-likeness (QED) is 0.422. The Bertz CT molecular complexity index is 623. The van der Waals surface area contributed by atoms with Crippen LogP contribution in [0.4, 0.5) is 5.69 Å². The van der Waals surface area contributed by atoms with Gasteiger partial charge in [0.2, 0.25) is 6.29 Å². The summed E-state index contributed by atoms with van der Waals surface area (Å²) in [5, 5.41) is 19.0. The molecule has 2 aromatic rings. The molecule has 0 aliphatic carbocycles. The number of benzene rings is 1. The molecule has 8 nitrogen and oxygen atoms in total. The molecule has 1 aromatic carbocycles. The third-order valence-electron chi connectivity index (χ3n) is 2.95. The molecule has 1 heterocycles. The number of nitrogens with zero attached hydrogens (tertiary/aromatic N) is 4. The maximum atomic E-state index is 11.0. The summed E-state index contributed by atoms with van der Waals surface area (Å²) in [6.45, 7) is 4.96. The van der Waals surface area contributed by atoms with E-state index in [1.165, 1.54) is 10.7 Å². The fourth-order valence-corrected chi connectivity index (χ4v) is 2.02. The number of nitro groups is 1. The van der Waals surface area contributed by atoms with E-state index in [4.69, 9.17) is 9.47 Å². The second-order valence-corrected chi connectivity index (χ2v) is 4.47. The third-order valence-corrected chi connectivity index (χ3v) is 2.95. The summed E-state index contributed by atoms with van der Waals surface area (Å²) < 4.78 is 12.4. The lowest BCUT2D eigenvalue weighted by atomic mass is 10.2. The highest BCUT2D eigenvalue weighted by Crippen LogP contribution is 2.20. The normalized spacial score (nSPS) is 11.0. The van der Waals surface area contributed by atoms with Gasteiger partial charge in [0.1, 0.15) is 5.69 Å². The molecule has 0 saturated heterocycles. The smallest absolute Gasteiger partial charge is 0.274 e. The molecule has 0 fully saturated rings. The van der Waals surface area contributed by atoms with E-state index in [1.54, 1.807) is 24.4 Å². The summed E-state index contributed by atoms with van der Waals surface area (Å²) in [5.41, 5.74) is 1.17. The van der Waals surface area contributed by atoms with Gasteiger partial charge in [0.15, 0.2) is 0 Å². The molecule has 0 amide bonds. The van der Waals surface area contributed by atoms with Crippen molar-refractivity contribution in [1.29, 1.82) is 0 Å². The van der Waals surface area contributed by atoms with E-state index in [9.17, 15) is 10.1 Å². The van der Waals surface area contributed by atoms with Gasteiger partial charge < -0.3 is 9.47 Å². The zero-order chi connectivity index (χ0) is 15.9. The van der Waals surface area contributed by atoms with Gasteiger partial charge in [-0.25, -0.2) is 4.68 Å². The fraction of sp³-hybridized carbons (Fsp3) is 0.429. The third kappa shape index (κ3) is 3.86. The molecule has 22 heavy (non-hydrogen) atoms. The van der Waals surface area contributed by atoms with Crippen LogP contribution in [-0.2, 0) is 16.0 Å². The fourth-order valence-electron chi connectivity index (χ4n) is 2.02. The van der Waals surface area contributed by atoms with Crippen molar-refractivity contribution >= 4 is 5.69 Å². The highest BCUT2D eigenvalue weighted by Gasteiger charge is 2.17. The summed E-state index contributed by atoms with van der Waals surface area (Å²) in [5.74, 6) is 0. The van der Waals surface area contributed by atoms with Crippen molar-refractivity contribution in [3.63, 3.8) is 0 Å². The van der Waals surface area contributed by atoms with Gasteiger partial charge >= 0.3 is 0 Å². The van der Waals surface area contributed by atoms with Gasteiger partial charge in [-0.1, -0.05) is 23.4 Å². The van der Waals surface area contributed by atoms with Crippen LogP contribution in [0.3, 0.4) is 0 Å². The lowest BCUT2D eigenvalue weighted by molar-refractivity contribution is -0.385. The van der Waals surface area contributed by atoms with E-state index in [-0.39, 0.29) is 12.2 Å². The zero-order valence-electron chi connectivity index (χ0n) is 12.5. The molecule has 118 valence electrons. The number of ether oxygens (including phenoxy) is 2. The van der Waals surface area contributed by atoms with Crippen LogP contribution in [0.15, 0.2) is 30.5 Å². The first kappa shape index (κ1) is 16.1. The Morgan fingerprint density at radius 3 is 2.59 bits per heavy atom. The maximum absolute atomic E-state index is 11.0. The molecule has 0 radical (unpaired) electrons. The Morgan fingerprint density at radius 1 is 1.27 bits per heavy atom. The Labute approximate surface area is 127 Å². The average Bonchev–Trinajstić information content (AvgIpc) is 2.96. The van der Waals surface area contributed by atoms with Crippen LogP contribution in [0.1, 0.15) is 31.4 Å². The van der Waals surface area contributed by atoms with Gasteiger partial charge in [-0.2, -0.15) is 0 Å². The van der Waals surface area contributed by atoms with Crippen LogP contribution in [0.2, 0.25) is 0 Å². The second-order valence-electron chi connectivity index (χ2n) is 4.47. The molecule has 0 aliphatic rings. The van der Waals surface area contributed by atoms with Crippen molar-refractivity contribution in [2.75, 3.05) is 13.2 Å². The van der Waals surface area contributed by atoms with Gasteiger partial charge in [-0.05, 0) is 13.8 Å². The van der Waals surface area contributed by atoms with Crippen molar-refractivity contribution in [3.8, 4) is 0 Å². The number of para-hydroxylation sites is 1. The summed E-state index contributed by atoms with van der Waals surface area (Å²) in [6, 6.07) is 6.55. The standard InChI is InChI=1S/C14H18N4O4/c1-3-21-14(22-4-2)12-10-17(16-15-12)9-11-7-5-6-8-13(11)18(19)20/h5-8,10,14H,3-4,9H2,1-2H3. The molecule has 1 aromatic heterocycles. The van der Waals surface area contributed by atoms with Gasteiger partial charge in [0.05, 0.1) is 23.2 Å². The molecule has 0 saturated carbocycles. The van der Waals surface area contributed by atoms with Crippen LogP contribution >= 0.6 is 0 Å². The summed E-state index contributed by atoms with van der Waals surface area (Å²) in [4.78, 5) is 10.6. The van der Waals surface area contributed by atoms with Crippen molar-refractivity contribution < 1.29 is 14.4 Å². The lowest BCUT2D eigenvalue weighted by Crippen LogP contribution is -2.09. The Balaban J connectivity index is 2.17. The Hall–Kier alpha value is -2.32. The molecule has 0 unspecified atom stereocenters. The largest absolute Gasteiger partial charge is 0.347 e. The topological polar surface area (TPSA) is 92.3 Å². The minimum absolute atomic E-state index is 0.0608. The van der Waals surface area contributed by atoms with Gasteiger partial charge in [-0.3, -0.25) is 10.1 Å². The molecule has 8 heteroatoms. The predicted octanol–water partition coefficient (Wildman–Crippen LogP) is 2.31. The van der Waals surface area contributed by atoms with Gasteiger partial charge in [0, 0.05) is 19.3 Å². The van der Waals surface area contributed by atoms with E-state index < -0.39 is 11.2 Å². The van der Waals surface area contributed by atoms with E-state index in [0.29, 0.717) is 24.5 Å². The molecular formula is C14H18N4O4. The number of rotatable bonds is 8. The van der Waals surface area contributed by atoms with Gasteiger partial charge in [-0.15, -0.1) is 5.10 Å². The minimum Gasteiger partial charge on any atom is -0.347 e. The predicted molar refractivity (Wildman–Crippen MR) is 78.2 cm³/mol. The molecule has 0 atom stereocenters. The first-order valence-corrected chi connectivity index (χ1v) is 7.01. The first-order valence-electron chi connectivity index (χ1n) is 7.01. The van der Waals surface area contributed by atoms with Crippen LogP contribution < -0.4 is 0 Å². The molecule has 2 rings (SSSR count). The van der Waals surface area contributed by atoms with E-state index >= 15 is 0 Å². The summed E-state index contributed by atoms with van der Waals surface area (Å²) in [7, 11) is 0. The SMILES string of the molecule is CCOC(OCC)c1cn(Cc2ccccc2[N+](=O)[O-])nn1. The van der Waals surface area contributed by atoms with E-state index in [2.05, 4.69) is 10.3 Å². The average molecular weight is 306 g/mol. The minimum atomic E-state index is -0.575. The number of nitro benzene ring substituents is 1. The van der Waals surface area contributed by atoms with Crippen LogP contribution in [-0.4, -0.2) is 33.1 Å². The lowest BCUT2D eigenvalue weighted by Gasteiger charge is -2.13. The monoisotopic (exact) mass is 306 g/mol. The maximum Gasteiger partial charge on any atom is 0.274 e. The second kappa shape index (κ2) is 7.62. The summed E-state index contributed by atoms with van der Waals surface area (Å²) >= 11 is 0. The highest BCUT2D eigenvalue weighted by molar-refractivity contribution is 5.39. The zero-order valence-corrected chi connectivity index (χ0v) is 12.5. The first-order chi connectivity index (χ1) is 10.7. The van der Waals surface area contributed by atoms with Crippen molar-refractivity contribution in [2.45, 2.75) is 26.7 Å². The number of hydrogen-bond donors (Lipinski definition) is 0. The molecule has 0 bridgehead atoms. The van der Waals surface area contributed by atoms with E-state index in [1.807, 2.05) is 13.8 Å². The van der Waals surface area contributed by atoms with E-state index in [0.717, 1.165) is 0 Å². The number of aromatic nitrogens is 3. The molecular weight excluding hydrogens is 288 g/mol. The van der Waals surface area contributed by atoms with Crippen molar-refractivity contribution in [1.82, 2.24) is 15.0 Å². The molecule has 0 N–H and O–H groups in total. The van der Waals surface area contributed by atoms with Gasteiger partial charge in [0.25, 0.3) is 5.69 Å². The molecule has 0 aliphatic heterocycles. The van der Waals surface area contributed by atoms with Crippen molar-refractivity contribution in [3.05, 3.63) is 51.8 Å². The molecule has 0 spiro atoms. The Morgan fingerprint density at radius 2 is 1.95 bits per heavy atom. The number of hydrogen-bond acceptors (Lipinski definition) is 6. The van der Waals surface area contributed by atoms with Crippen molar-refractivity contribution in [2.24, 2.45) is 0 Å². The Kier molecular flexibility index (Phi) is 5.56. The van der Waals surface area contributed by atoms with Crippen LogP contribution in [0, 0.1) is 10.1 Å². The van der Waals surface area contributed by atoms with Crippen LogP contribution in [0.5, 0.6) is 0 Å². The highest BCUT2D eigenvalue weighted by atomic mass is 16.7. The van der Waals surface area contributed by atoms with Crippen LogP contribution in [0.25, 0.3) is 0 Å². The summed E-state index contributed by atoms with van der Waals surface area (Å²) in [6.07, 6.45) is 1.10.